The third-order valence-electron chi connectivity index (χ3n) is 2.50. The SMILES string of the molecule is Cn1cc(CCNc2ncc([N+](=O)[O-])cc2Br)cn1. The fourth-order valence-electron chi connectivity index (χ4n) is 1.58. The molecule has 2 heterocycles. The Labute approximate surface area is 117 Å². The van der Waals surface area contributed by atoms with Crippen LogP contribution in [0.15, 0.2) is 29.1 Å². The first kappa shape index (κ1) is 13.5. The zero-order valence-corrected chi connectivity index (χ0v) is 11.8. The van der Waals surface area contributed by atoms with Gasteiger partial charge in [-0.1, -0.05) is 0 Å². The van der Waals surface area contributed by atoms with Gasteiger partial charge in [0.1, 0.15) is 12.0 Å². The van der Waals surface area contributed by atoms with Crippen LogP contribution in [0.3, 0.4) is 0 Å². The average molecular weight is 326 g/mol. The molecule has 0 bridgehead atoms. The van der Waals surface area contributed by atoms with Crippen LogP contribution in [0, 0.1) is 10.1 Å². The maximum absolute atomic E-state index is 10.6. The van der Waals surface area contributed by atoms with E-state index < -0.39 is 4.92 Å². The number of nitro groups is 1. The first-order valence-electron chi connectivity index (χ1n) is 5.57. The summed E-state index contributed by atoms with van der Waals surface area (Å²) in [4.78, 5) is 14.1. The molecule has 1 N–H and O–H groups in total. The molecule has 0 aromatic carbocycles. The van der Waals surface area contributed by atoms with E-state index in [4.69, 9.17) is 0 Å². The Hall–Kier alpha value is -1.96. The Bertz CT molecular complexity index is 599. The molecule has 0 amide bonds. The lowest BCUT2D eigenvalue weighted by Crippen LogP contribution is -2.06. The fourth-order valence-corrected chi connectivity index (χ4v) is 2.06. The van der Waals surface area contributed by atoms with Gasteiger partial charge in [-0.15, -0.1) is 0 Å². The molecule has 8 heteroatoms. The molecule has 2 aromatic rings. The summed E-state index contributed by atoms with van der Waals surface area (Å²) in [6, 6.07) is 1.43. The number of aromatic nitrogens is 3. The van der Waals surface area contributed by atoms with Gasteiger partial charge in [0.15, 0.2) is 0 Å². The zero-order valence-electron chi connectivity index (χ0n) is 10.2. The van der Waals surface area contributed by atoms with Crippen molar-refractivity contribution in [2.24, 2.45) is 7.05 Å². The summed E-state index contributed by atoms with van der Waals surface area (Å²) in [5.74, 6) is 0.592. The highest BCUT2D eigenvalue weighted by Gasteiger charge is 2.10. The van der Waals surface area contributed by atoms with Crippen LogP contribution in [0.1, 0.15) is 5.56 Å². The van der Waals surface area contributed by atoms with Gasteiger partial charge in [-0.25, -0.2) is 4.98 Å². The van der Waals surface area contributed by atoms with Crippen LogP contribution < -0.4 is 5.32 Å². The molecule has 0 radical (unpaired) electrons. The van der Waals surface area contributed by atoms with E-state index in [0.29, 0.717) is 16.8 Å². The van der Waals surface area contributed by atoms with Gasteiger partial charge in [0, 0.05) is 25.9 Å². The fraction of sp³-hybridized carbons (Fsp3) is 0.273. The lowest BCUT2D eigenvalue weighted by molar-refractivity contribution is -0.385. The molecule has 0 saturated carbocycles. The van der Waals surface area contributed by atoms with E-state index in [1.54, 1.807) is 10.9 Å². The summed E-state index contributed by atoms with van der Waals surface area (Å²) in [7, 11) is 1.87. The number of rotatable bonds is 5. The number of halogens is 1. The van der Waals surface area contributed by atoms with Crippen LogP contribution >= 0.6 is 15.9 Å². The summed E-state index contributed by atoms with van der Waals surface area (Å²) in [6.45, 7) is 0.676. The molecule has 100 valence electrons. The maximum Gasteiger partial charge on any atom is 0.288 e. The zero-order chi connectivity index (χ0) is 13.8. The molecule has 0 aliphatic rings. The van der Waals surface area contributed by atoms with Crippen molar-refractivity contribution in [3.63, 3.8) is 0 Å². The highest BCUT2D eigenvalue weighted by Crippen LogP contribution is 2.24. The third kappa shape index (κ3) is 3.50. The van der Waals surface area contributed by atoms with Gasteiger partial charge in [0.2, 0.25) is 0 Å². The van der Waals surface area contributed by atoms with Crippen molar-refractivity contribution in [2.45, 2.75) is 6.42 Å². The number of anilines is 1. The lowest BCUT2D eigenvalue weighted by Gasteiger charge is -2.06. The summed E-state index contributed by atoms with van der Waals surface area (Å²) < 4.78 is 2.32. The maximum atomic E-state index is 10.6. The van der Waals surface area contributed by atoms with E-state index in [9.17, 15) is 10.1 Å². The summed E-state index contributed by atoms with van der Waals surface area (Å²) in [5, 5.41) is 17.8. The third-order valence-corrected chi connectivity index (χ3v) is 3.11. The van der Waals surface area contributed by atoms with Gasteiger partial charge in [-0.3, -0.25) is 14.8 Å². The molecule has 0 saturated heterocycles. The van der Waals surface area contributed by atoms with Gasteiger partial charge in [0.25, 0.3) is 5.69 Å². The van der Waals surface area contributed by atoms with Crippen LogP contribution in [0.2, 0.25) is 0 Å². The van der Waals surface area contributed by atoms with Crippen molar-refractivity contribution < 1.29 is 4.92 Å². The van der Waals surface area contributed by atoms with Gasteiger partial charge in [-0.2, -0.15) is 5.10 Å². The molecule has 2 rings (SSSR count). The minimum Gasteiger partial charge on any atom is -0.369 e. The molecular weight excluding hydrogens is 314 g/mol. The molecule has 0 unspecified atom stereocenters. The van der Waals surface area contributed by atoms with Gasteiger partial charge >= 0.3 is 0 Å². The van der Waals surface area contributed by atoms with Crippen LogP contribution in [-0.4, -0.2) is 26.2 Å². The summed E-state index contributed by atoms with van der Waals surface area (Å²) >= 11 is 3.26. The Kier molecular flexibility index (Phi) is 4.10. The summed E-state index contributed by atoms with van der Waals surface area (Å²) in [5.41, 5.74) is 1.08. The second-order valence-corrected chi connectivity index (χ2v) is 4.83. The molecule has 0 aliphatic carbocycles. The Balaban J connectivity index is 1.94. The van der Waals surface area contributed by atoms with Gasteiger partial charge in [0.05, 0.1) is 15.6 Å². The first-order chi connectivity index (χ1) is 9.06. The molecule has 0 spiro atoms. The second-order valence-electron chi connectivity index (χ2n) is 3.98. The first-order valence-corrected chi connectivity index (χ1v) is 6.37. The van der Waals surface area contributed by atoms with Crippen molar-refractivity contribution in [1.29, 1.82) is 0 Å². The molecule has 19 heavy (non-hydrogen) atoms. The largest absolute Gasteiger partial charge is 0.369 e. The van der Waals surface area contributed by atoms with E-state index in [1.165, 1.54) is 12.3 Å². The monoisotopic (exact) mass is 325 g/mol. The smallest absolute Gasteiger partial charge is 0.288 e. The standard InChI is InChI=1S/C11H12BrN5O2/c1-16-7-8(5-15-16)2-3-13-11-10(12)4-9(6-14-11)17(18)19/h4-7H,2-3H2,1H3,(H,13,14). The number of pyridine rings is 1. The molecule has 2 aromatic heterocycles. The van der Waals surface area contributed by atoms with Gasteiger partial charge < -0.3 is 5.32 Å². The van der Waals surface area contributed by atoms with Crippen molar-refractivity contribution in [3.8, 4) is 0 Å². The minimum absolute atomic E-state index is 0.0373. The van der Waals surface area contributed by atoms with E-state index >= 15 is 0 Å². The van der Waals surface area contributed by atoms with E-state index in [-0.39, 0.29) is 5.69 Å². The van der Waals surface area contributed by atoms with Gasteiger partial charge in [-0.05, 0) is 27.9 Å². The van der Waals surface area contributed by atoms with Crippen molar-refractivity contribution in [3.05, 3.63) is 44.8 Å². The van der Waals surface area contributed by atoms with E-state index in [0.717, 1.165) is 12.0 Å². The van der Waals surface area contributed by atoms with Crippen molar-refractivity contribution in [1.82, 2.24) is 14.8 Å². The van der Waals surface area contributed by atoms with Crippen LogP contribution in [-0.2, 0) is 13.5 Å². The Morgan fingerprint density at radius 3 is 2.89 bits per heavy atom. The van der Waals surface area contributed by atoms with Crippen LogP contribution in [0.5, 0.6) is 0 Å². The molecule has 0 atom stereocenters. The second kappa shape index (κ2) is 5.79. The Morgan fingerprint density at radius 1 is 1.53 bits per heavy atom. The normalized spacial score (nSPS) is 10.4. The van der Waals surface area contributed by atoms with Crippen molar-refractivity contribution in [2.75, 3.05) is 11.9 Å². The number of hydrogen-bond donors (Lipinski definition) is 1. The molecule has 7 nitrogen and oxygen atoms in total. The van der Waals surface area contributed by atoms with E-state index in [1.807, 2.05) is 13.2 Å². The van der Waals surface area contributed by atoms with Crippen LogP contribution in [0.4, 0.5) is 11.5 Å². The predicted octanol–water partition coefficient (Wildman–Crippen LogP) is 2.14. The highest BCUT2D eigenvalue weighted by atomic mass is 79.9. The highest BCUT2D eigenvalue weighted by molar-refractivity contribution is 9.10. The molecule has 0 fully saturated rings. The number of nitrogens with one attached hydrogen (secondary N) is 1. The quantitative estimate of drug-likeness (QED) is 0.672. The topological polar surface area (TPSA) is 85.9 Å². The predicted molar refractivity (Wildman–Crippen MR) is 74.0 cm³/mol. The van der Waals surface area contributed by atoms with E-state index in [2.05, 4.69) is 31.3 Å². The Morgan fingerprint density at radius 2 is 2.32 bits per heavy atom. The minimum atomic E-state index is -0.475. The number of aryl methyl sites for hydroxylation is 1. The molecule has 0 aliphatic heterocycles. The molecular formula is C11H12BrN5O2. The number of hydrogen-bond acceptors (Lipinski definition) is 5. The van der Waals surface area contributed by atoms with Crippen molar-refractivity contribution >= 4 is 27.4 Å². The summed E-state index contributed by atoms with van der Waals surface area (Å²) in [6.07, 6.45) is 5.79. The van der Waals surface area contributed by atoms with Crippen LogP contribution in [0.25, 0.3) is 0 Å². The number of nitrogens with zero attached hydrogens (tertiary/aromatic N) is 4. The lowest BCUT2D eigenvalue weighted by atomic mass is 10.2. The average Bonchev–Trinajstić information content (AvgIpc) is 2.77.